The molecule has 0 aliphatic rings. The number of sulfonamides is 1. The number of carbonyl (C=O) groups is 2. The molecule has 0 fully saturated rings. The van der Waals surface area contributed by atoms with Crippen molar-refractivity contribution in [1.82, 2.24) is 10.2 Å². The predicted octanol–water partition coefficient (Wildman–Crippen LogP) is 4.71. The van der Waals surface area contributed by atoms with Crippen molar-refractivity contribution in [3.05, 3.63) is 63.1 Å². The van der Waals surface area contributed by atoms with Crippen LogP contribution in [0.25, 0.3) is 0 Å². The molecule has 10 heteroatoms. The van der Waals surface area contributed by atoms with E-state index in [0.29, 0.717) is 21.3 Å². The van der Waals surface area contributed by atoms with Gasteiger partial charge >= 0.3 is 0 Å². The van der Waals surface area contributed by atoms with Gasteiger partial charge in [-0.2, -0.15) is 0 Å². The number of amides is 2. The first kappa shape index (κ1) is 28.9. The van der Waals surface area contributed by atoms with Gasteiger partial charge in [0.25, 0.3) is 0 Å². The predicted molar refractivity (Wildman–Crippen MR) is 142 cm³/mol. The highest BCUT2D eigenvalue weighted by molar-refractivity contribution is 7.92. The van der Waals surface area contributed by atoms with E-state index in [9.17, 15) is 18.0 Å². The van der Waals surface area contributed by atoms with Gasteiger partial charge in [-0.25, -0.2) is 8.42 Å². The molecule has 7 nitrogen and oxygen atoms in total. The maximum atomic E-state index is 13.6. The SMILES string of the molecule is Cc1ccc(N(CC(=O)N(Cc2ccc(Cl)cc2Cl)[C@@H](C)C(=O)NC(C)(C)C)S(C)(=O)=O)cc1C. The van der Waals surface area contributed by atoms with Crippen LogP contribution in [0.5, 0.6) is 0 Å². The standard InChI is InChI=1S/C25H33Cl2N3O4S/c1-16-8-11-21(12-17(16)2)30(35(7,33)34)15-23(31)29(18(3)24(32)28-25(4,5)6)14-19-9-10-20(26)13-22(19)27/h8-13,18H,14-15H2,1-7H3,(H,28,32)/t18-/m0/s1. The molecule has 0 saturated heterocycles. The second kappa shape index (κ2) is 11.2. The number of halogens is 2. The van der Waals surface area contributed by atoms with Crippen LogP contribution in [0.15, 0.2) is 36.4 Å². The van der Waals surface area contributed by atoms with Crippen LogP contribution in [0.4, 0.5) is 5.69 Å². The first-order valence-corrected chi connectivity index (χ1v) is 13.7. The van der Waals surface area contributed by atoms with Crippen LogP contribution < -0.4 is 9.62 Å². The Morgan fingerprint density at radius 2 is 1.66 bits per heavy atom. The molecule has 0 aliphatic carbocycles. The highest BCUT2D eigenvalue weighted by Crippen LogP contribution is 2.25. The van der Waals surface area contributed by atoms with E-state index < -0.39 is 34.1 Å². The fraction of sp³-hybridized carbons (Fsp3) is 0.440. The van der Waals surface area contributed by atoms with Crippen LogP contribution in [0.2, 0.25) is 10.0 Å². The number of carbonyl (C=O) groups excluding carboxylic acids is 2. The van der Waals surface area contributed by atoms with Crippen molar-refractivity contribution in [1.29, 1.82) is 0 Å². The third-order valence-electron chi connectivity index (χ3n) is 5.48. The number of hydrogen-bond donors (Lipinski definition) is 1. The molecule has 0 unspecified atom stereocenters. The molecule has 192 valence electrons. The summed E-state index contributed by atoms with van der Waals surface area (Å²) in [6, 6.07) is 9.17. The summed E-state index contributed by atoms with van der Waals surface area (Å²) in [4.78, 5) is 27.9. The average Bonchev–Trinajstić information content (AvgIpc) is 2.71. The summed E-state index contributed by atoms with van der Waals surface area (Å²) in [5, 5.41) is 3.65. The Morgan fingerprint density at radius 1 is 1.03 bits per heavy atom. The fourth-order valence-corrected chi connectivity index (χ4v) is 4.69. The van der Waals surface area contributed by atoms with Gasteiger partial charge in [0, 0.05) is 22.1 Å². The Bertz CT molecular complexity index is 1210. The number of nitrogens with zero attached hydrogens (tertiary/aromatic N) is 2. The van der Waals surface area contributed by atoms with E-state index in [2.05, 4.69) is 5.32 Å². The number of rotatable bonds is 8. The van der Waals surface area contributed by atoms with Crippen LogP contribution in [-0.4, -0.2) is 49.5 Å². The molecule has 2 aromatic rings. The molecule has 2 aromatic carbocycles. The number of benzene rings is 2. The third-order valence-corrected chi connectivity index (χ3v) is 7.21. The number of hydrogen-bond acceptors (Lipinski definition) is 4. The second-order valence-corrected chi connectivity index (χ2v) is 12.5. The van der Waals surface area contributed by atoms with Gasteiger partial charge in [0.1, 0.15) is 12.6 Å². The lowest BCUT2D eigenvalue weighted by Gasteiger charge is -2.33. The first-order valence-electron chi connectivity index (χ1n) is 11.1. The van der Waals surface area contributed by atoms with Gasteiger partial charge in [0.15, 0.2) is 0 Å². The zero-order valence-electron chi connectivity index (χ0n) is 21.1. The highest BCUT2D eigenvalue weighted by Gasteiger charge is 2.31. The minimum atomic E-state index is -3.80. The lowest BCUT2D eigenvalue weighted by molar-refractivity contribution is -0.140. The summed E-state index contributed by atoms with van der Waals surface area (Å²) in [5.74, 6) is -0.913. The molecule has 2 rings (SSSR count). The minimum Gasteiger partial charge on any atom is -0.350 e. The van der Waals surface area contributed by atoms with Crippen molar-refractivity contribution in [2.75, 3.05) is 17.1 Å². The Kier molecular flexibility index (Phi) is 9.25. The smallest absolute Gasteiger partial charge is 0.244 e. The average molecular weight is 543 g/mol. The van der Waals surface area contributed by atoms with Crippen LogP contribution in [0.3, 0.4) is 0 Å². The maximum absolute atomic E-state index is 13.6. The van der Waals surface area contributed by atoms with Crippen molar-refractivity contribution >= 4 is 50.7 Å². The zero-order valence-corrected chi connectivity index (χ0v) is 23.5. The van der Waals surface area contributed by atoms with Gasteiger partial charge in [-0.1, -0.05) is 35.3 Å². The molecule has 1 atom stereocenters. The lowest BCUT2D eigenvalue weighted by Crippen LogP contribution is -2.54. The van der Waals surface area contributed by atoms with Crippen molar-refractivity contribution in [3.8, 4) is 0 Å². The van der Waals surface area contributed by atoms with Crippen molar-refractivity contribution in [2.45, 2.75) is 59.7 Å². The summed E-state index contributed by atoms with van der Waals surface area (Å²) in [5.41, 5.74) is 2.33. The number of nitrogens with one attached hydrogen (secondary N) is 1. The quantitative estimate of drug-likeness (QED) is 0.524. The molecule has 0 heterocycles. The normalized spacial score (nSPS) is 12.7. The van der Waals surface area contributed by atoms with E-state index in [0.717, 1.165) is 21.7 Å². The van der Waals surface area contributed by atoms with Crippen LogP contribution in [0, 0.1) is 13.8 Å². The van der Waals surface area contributed by atoms with Gasteiger partial charge < -0.3 is 10.2 Å². The largest absolute Gasteiger partial charge is 0.350 e. The minimum absolute atomic E-state index is 0.00189. The van der Waals surface area contributed by atoms with Gasteiger partial charge in [-0.15, -0.1) is 0 Å². The second-order valence-electron chi connectivity index (χ2n) is 9.71. The highest BCUT2D eigenvalue weighted by atomic mass is 35.5. The van der Waals surface area contributed by atoms with E-state index in [1.165, 1.54) is 4.90 Å². The van der Waals surface area contributed by atoms with Gasteiger partial charge in [-0.05, 0) is 82.5 Å². The van der Waals surface area contributed by atoms with Gasteiger partial charge in [-0.3, -0.25) is 13.9 Å². The molecule has 35 heavy (non-hydrogen) atoms. The summed E-state index contributed by atoms with van der Waals surface area (Å²) in [7, 11) is -3.80. The molecule has 1 N–H and O–H groups in total. The molecule has 0 aromatic heterocycles. The lowest BCUT2D eigenvalue weighted by atomic mass is 10.1. The summed E-state index contributed by atoms with van der Waals surface area (Å²) < 4.78 is 26.4. The van der Waals surface area contributed by atoms with Crippen molar-refractivity contribution in [2.24, 2.45) is 0 Å². The summed E-state index contributed by atoms with van der Waals surface area (Å²) in [6.45, 7) is 10.4. The Hall–Kier alpha value is -2.29. The van der Waals surface area contributed by atoms with Crippen molar-refractivity contribution < 1.29 is 18.0 Å². The third kappa shape index (κ3) is 8.12. The first-order chi connectivity index (χ1) is 16.0. The van der Waals surface area contributed by atoms with Gasteiger partial charge in [0.05, 0.1) is 11.9 Å². The summed E-state index contributed by atoms with van der Waals surface area (Å²) in [6.07, 6.45) is 1.05. The molecular formula is C25H33Cl2N3O4S. The van der Waals surface area contributed by atoms with E-state index in [4.69, 9.17) is 23.2 Å². The van der Waals surface area contributed by atoms with E-state index in [-0.39, 0.29) is 12.5 Å². The molecule has 0 radical (unpaired) electrons. The fourth-order valence-electron chi connectivity index (χ4n) is 3.38. The Balaban J connectivity index is 2.46. The number of aryl methyl sites for hydroxylation is 2. The van der Waals surface area contributed by atoms with Crippen LogP contribution >= 0.6 is 23.2 Å². The molecule has 0 spiro atoms. The Morgan fingerprint density at radius 3 is 2.17 bits per heavy atom. The van der Waals surface area contributed by atoms with E-state index in [1.54, 1.807) is 43.3 Å². The molecule has 0 aliphatic heterocycles. The molecule has 2 amide bonds. The van der Waals surface area contributed by atoms with Crippen LogP contribution in [0.1, 0.15) is 44.4 Å². The zero-order chi connectivity index (χ0) is 26.7. The van der Waals surface area contributed by atoms with Gasteiger partial charge in [0.2, 0.25) is 21.8 Å². The Labute approximate surface area is 218 Å². The molecular weight excluding hydrogens is 509 g/mol. The maximum Gasteiger partial charge on any atom is 0.244 e. The molecule has 0 bridgehead atoms. The van der Waals surface area contributed by atoms with Crippen LogP contribution in [-0.2, 0) is 26.2 Å². The number of anilines is 1. The molecule has 0 saturated carbocycles. The van der Waals surface area contributed by atoms with E-state index in [1.807, 2.05) is 34.6 Å². The summed E-state index contributed by atoms with van der Waals surface area (Å²) >= 11 is 12.4. The van der Waals surface area contributed by atoms with Crippen molar-refractivity contribution in [3.63, 3.8) is 0 Å². The van der Waals surface area contributed by atoms with E-state index >= 15 is 0 Å². The monoisotopic (exact) mass is 541 g/mol. The topological polar surface area (TPSA) is 86.8 Å².